The average molecular weight is 528 g/mol. The van der Waals surface area contributed by atoms with Gasteiger partial charge in [0.05, 0.1) is 0 Å². The molecule has 0 saturated heterocycles. The van der Waals surface area contributed by atoms with Crippen molar-refractivity contribution >= 4 is 17.7 Å². The largest absolute Gasteiger partial charge is 0.433 e. The van der Waals surface area contributed by atoms with Crippen molar-refractivity contribution in [1.82, 2.24) is 0 Å². The van der Waals surface area contributed by atoms with Crippen molar-refractivity contribution < 1.29 is 24.2 Å². The highest BCUT2D eigenvalue weighted by atomic mass is 16.7. The van der Waals surface area contributed by atoms with Crippen LogP contribution in [0.2, 0.25) is 0 Å². The van der Waals surface area contributed by atoms with E-state index in [9.17, 15) is 19.5 Å². The Labute approximate surface area is 228 Å². The predicted molar refractivity (Wildman–Crippen MR) is 145 cm³/mol. The van der Waals surface area contributed by atoms with Crippen LogP contribution in [0.4, 0.5) is 0 Å². The van der Waals surface area contributed by atoms with Crippen molar-refractivity contribution in [2.75, 3.05) is 0 Å². The van der Waals surface area contributed by atoms with E-state index in [1.807, 2.05) is 26.8 Å². The smallest absolute Gasteiger partial charge is 0.305 e. The SMILES string of the molecule is CC(=O)O[C@@]1(O)CC[C@@]2(C)C(CC[C@]3(C)[C@@H]2C(=O)C=C2[C@@H]4C[C@@](C)(C(N)=O)CC[C@]4(C)CC[C@]23C)C1(C)C. The van der Waals surface area contributed by atoms with E-state index in [4.69, 9.17) is 10.5 Å². The minimum absolute atomic E-state index is 0.0374. The molecule has 5 aliphatic rings. The van der Waals surface area contributed by atoms with E-state index in [1.165, 1.54) is 12.5 Å². The van der Waals surface area contributed by atoms with Gasteiger partial charge in [-0.25, -0.2) is 0 Å². The minimum Gasteiger partial charge on any atom is -0.433 e. The zero-order valence-corrected chi connectivity index (χ0v) is 24.8. The van der Waals surface area contributed by atoms with Crippen molar-refractivity contribution in [3.63, 3.8) is 0 Å². The lowest BCUT2D eigenvalue weighted by molar-refractivity contribution is -0.314. The van der Waals surface area contributed by atoms with Gasteiger partial charge in [-0.15, -0.1) is 0 Å². The first kappa shape index (κ1) is 27.9. The molecule has 1 unspecified atom stereocenters. The number of hydrogen-bond acceptors (Lipinski definition) is 5. The van der Waals surface area contributed by atoms with Crippen LogP contribution in [-0.4, -0.2) is 28.6 Å². The Morgan fingerprint density at radius 2 is 1.58 bits per heavy atom. The third kappa shape index (κ3) is 3.31. The summed E-state index contributed by atoms with van der Waals surface area (Å²) in [7, 11) is 0. The van der Waals surface area contributed by atoms with Crippen molar-refractivity contribution in [3.05, 3.63) is 11.6 Å². The highest BCUT2D eigenvalue weighted by Crippen LogP contribution is 2.75. The number of carbonyl (C=O) groups excluding carboxylic acids is 3. The Hall–Kier alpha value is -1.69. The fourth-order valence-corrected chi connectivity index (χ4v) is 10.8. The molecule has 5 aliphatic carbocycles. The van der Waals surface area contributed by atoms with Gasteiger partial charge in [0.15, 0.2) is 5.78 Å². The molecule has 6 heteroatoms. The van der Waals surface area contributed by atoms with Crippen LogP contribution in [0.15, 0.2) is 11.6 Å². The van der Waals surface area contributed by atoms with Gasteiger partial charge in [0, 0.05) is 30.1 Å². The second-order valence-corrected chi connectivity index (χ2v) is 15.7. The maximum absolute atomic E-state index is 14.4. The lowest BCUT2D eigenvalue weighted by Gasteiger charge is -2.71. The van der Waals surface area contributed by atoms with Crippen molar-refractivity contribution in [1.29, 1.82) is 0 Å². The zero-order valence-electron chi connectivity index (χ0n) is 24.8. The summed E-state index contributed by atoms with van der Waals surface area (Å²) in [5.74, 6) is -1.98. The number of hydrogen-bond donors (Lipinski definition) is 2. The lowest BCUT2D eigenvalue weighted by Crippen LogP contribution is -2.69. The maximum Gasteiger partial charge on any atom is 0.305 e. The molecule has 4 saturated carbocycles. The first-order valence-electron chi connectivity index (χ1n) is 14.8. The fourth-order valence-electron chi connectivity index (χ4n) is 10.8. The Kier molecular flexibility index (Phi) is 5.83. The summed E-state index contributed by atoms with van der Waals surface area (Å²) in [5, 5.41) is 11.6. The van der Waals surface area contributed by atoms with E-state index in [2.05, 4.69) is 27.7 Å². The first-order chi connectivity index (χ1) is 17.3. The van der Waals surface area contributed by atoms with Gasteiger partial charge >= 0.3 is 5.97 Å². The van der Waals surface area contributed by atoms with E-state index in [-0.39, 0.29) is 51.1 Å². The Morgan fingerprint density at radius 1 is 0.947 bits per heavy atom. The Bertz CT molecular complexity index is 1130. The van der Waals surface area contributed by atoms with Gasteiger partial charge in [-0.1, -0.05) is 54.0 Å². The number of allylic oxidation sites excluding steroid dienone is 2. The number of nitrogens with two attached hydrogens (primary N) is 1. The number of ether oxygens (including phenoxy) is 1. The van der Waals surface area contributed by atoms with Crippen LogP contribution in [0.5, 0.6) is 0 Å². The Morgan fingerprint density at radius 3 is 2.18 bits per heavy atom. The van der Waals surface area contributed by atoms with Gasteiger partial charge in [-0.3, -0.25) is 14.4 Å². The molecular weight excluding hydrogens is 478 g/mol. The molecule has 4 fully saturated rings. The standard InChI is InChI=1S/C32H49NO5/c1-19(34)38-32(37)16-14-29(6)23(26(32,2)3)9-10-31(8)24(29)22(35)17-20-21-18-28(5,25(33)36)12-11-27(21,4)13-15-30(20,31)7/h17,21,23-24,37H,9-16,18H2,1-8H3,(H2,33,36)/t21-,23?,24+,27+,28-,29-,30+,31+,32-/m0/s1. The summed E-state index contributed by atoms with van der Waals surface area (Å²) in [6, 6.07) is 0. The second kappa shape index (κ2) is 7.95. The summed E-state index contributed by atoms with van der Waals surface area (Å²) in [6.07, 6.45) is 9.34. The fraction of sp³-hybridized carbons (Fsp3) is 0.844. The second-order valence-electron chi connectivity index (χ2n) is 15.7. The van der Waals surface area contributed by atoms with E-state index >= 15 is 0 Å². The van der Waals surface area contributed by atoms with Crippen molar-refractivity contribution in [2.45, 2.75) is 119 Å². The number of aliphatic hydroxyl groups is 1. The number of ketones is 1. The summed E-state index contributed by atoms with van der Waals surface area (Å²) in [6.45, 7) is 16.7. The van der Waals surface area contributed by atoms with Crippen molar-refractivity contribution in [3.8, 4) is 0 Å². The molecule has 0 aromatic rings. The number of carbonyl (C=O) groups is 3. The van der Waals surface area contributed by atoms with Gasteiger partial charge in [0.25, 0.3) is 0 Å². The monoisotopic (exact) mass is 527 g/mol. The molecule has 0 radical (unpaired) electrons. The molecule has 0 bridgehead atoms. The summed E-state index contributed by atoms with van der Waals surface area (Å²) < 4.78 is 5.57. The average Bonchev–Trinajstić information content (AvgIpc) is 2.79. The minimum atomic E-state index is -1.53. The maximum atomic E-state index is 14.4. The highest BCUT2D eigenvalue weighted by Gasteiger charge is 2.72. The molecule has 0 heterocycles. The predicted octanol–water partition coefficient (Wildman–Crippen LogP) is 5.70. The molecule has 3 N–H and O–H groups in total. The van der Waals surface area contributed by atoms with Crippen LogP contribution < -0.4 is 5.73 Å². The topological polar surface area (TPSA) is 107 Å². The third-order valence-corrected chi connectivity index (χ3v) is 13.6. The molecule has 38 heavy (non-hydrogen) atoms. The van der Waals surface area contributed by atoms with E-state index in [0.29, 0.717) is 12.8 Å². The number of fused-ring (bicyclic) bond motifs is 7. The first-order valence-corrected chi connectivity index (χ1v) is 14.8. The van der Waals surface area contributed by atoms with Crippen LogP contribution in [0, 0.1) is 50.2 Å². The van der Waals surface area contributed by atoms with E-state index in [1.54, 1.807) is 0 Å². The number of primary amides is 1. The molecule has 9 atom stereocenters. The number of rotatable bonds is 2. The van der Waals surface area contributed by atoms with Crippen LogP contribution in [-0.2, 0) is 19.1 Å². The number of amides is 1. The molecule has 1 amide bonds. The van der Waals surface area contributed by atoms with Crippen LogP contribution in [0.25, 0.3) is 0 Å². The molecule has 0 aromatic heterocycles. The molecule has 0 aliphatic heterocycles. The van der Waals surface area contributed by atoms with Gasteiger partial charge < -0.3 is 15.6 Å². The van der Waals surface area contributed by atoms with Crippen LogP contribution >= 0.6 is 0 Å². The van der Waals surface area contributed by atoms with Gasteiger partial charge in [0.2, 0.25) is 11.7 Å². The summed E-state index contributed by atoms with van der Waals surface area (Å²) in [4.78, 5) is 38.8. The molecule has 6 nitrogen and oxygen atoms in total. The summed E-state index contributed by atoms with van der Waals surface area (Å²) in [5.41, 5.74) is 5.34. The van der Waals surface area contributed by atoms with Gasteiger partial charge in [-0.2, -0.15) is 0 Å². The van der Waals surface area contributed by atoms with Crippen molar-refractivity contribution in [2.24, 2.45) is 56.0 Å². The Balaban J connectivity index is 1.59. The highest BCUT2D eigenvalue weighted by molar-refractivity contribution is 5.95. The molecule has 0 aromatic carbocycles. The number of esters is 1. The lowest BCUT2D eigenvalue weighted by atomic mass is 9.33. The third-order valence-electron chi connectivity index (χ3n) is 13.6. The zero-order chi connectivity index (χ0) is 28.3. The molecule has 0 spiro atoms. The summed E-state index contributed by atoms with van der Waals surface area (Å²) >= 11 is 0. The molecule has 212 valence electrons. The van der Waals surface area contributed by atoms with Gasteiger partial charge in [-0.05, 0) is 90.9 Å². The molecular formula is C32H49NO5. The normalized spacial score (nSPS) is 51.4. The quantitative estimate of drug-likeness (QED) is 0.354. The van der Waals surface area contributed by atoms with Crippen LogP contribution in [0.1, 0.15) is 113 Å². The van der Waals surface area contributed by atoms with E-state index < -0.39 is 22.6 Å². The molecule has 5 rings (SSSR count). The van der Waals surface area contributed by atoms with Crippen LogP contribution in [0.3, 0.4) is 0 Å². The van der Waals surface area contributed by atoms with Gasteiger partial charge in [0.1, 0.15) is 0 Å². The van der Waals surface area contributed by atoms with E-state index in [0.717, 1.165) is 44.9 Å².